The minimum absolute atomic E-state index is 0. The molecule has 2 rings (SSSR count). The first-order valence-corrected chi connectivity index (χ1v) is 5.34. The van der Waals surface area contributed by atoms with Crippen molar-refractivity contribution >= 4 is 24.1 Å². The van der Waals surface area contributed by atoms with Gasteiger partial charge in [0.2, 0.25) is 5.91 Å². The zero-order chi connectivity index (χ0) is 11.5. The van der Waals surface area contributed by atoms with E-state index < -0.39 is 0 Å². The number of anilines is 1. The highest BCUT2D eigenvalue weighted by atomic mass is 35.5. The second-order valence-electron chi connectivity index (χ2n) is 4.07. The Bertz CT molecular complexity index is 396. The van der Waals surface area contributed by atoms with Crippen molar-refractivity contribution in [3.63, 3.8) is 0 Å². The summed E-state index contributed by atoms with van der Waals surface area (Å²) in [6, 6.07) is 3.11. The average Bonchev–Trinajstić information content (AvgIpc) is 2.18. The summed E-state index contributed by atoms with van der Waals surface area (Å²) in [7, 11) is 0. The summed E-state index contributed by atoms with van der Waals surface area (Å²) < 4.78 is 0. The van der Waals surface area contributed by atoms with E-state index in [-0.39, 0.29) is 35.8 Å². The van der Waals surface area contributed by atoms with Gasteiger partial charge in [0.05, 0.1) is 0 Å². The normalized spacial score (nSPS) is 16.5. The Morgan fingerprint density at radius 3 is 2.88 bits per heavy atom. The predicted octanol–water partition coefficient (Wildman–Crippen LogP) is 1.00. The molecule has 5 nitrogen and oxygen atoms in total. The molecule has 0 saturated carbocycles. The Hall–Kier alpha value is -1.33. The number of aromatic hydroxyl groups is 1. The molecule has 1 aliphatic heterocycles. The SMILES string of the molecule is CC(C(=O)Nc1ncccc1O)C1CNC1.Cl. The minimum Gasteiger partial charge on any atom is -0.504 e. The van der Waals surface area contributed by atoms with Crippen LogP contribution in [0.25, 0.3) is 0 Å². The first-order valence-electron chi connectivity index (χ1n) is 5.34. The van der Waals surface area contributed by atoms with E-state index in [1.165, 1.54) is 12.3 Å². The molecule has 94 valence electrons. The highest BCUT2D eigenvalue weighted by molar-refractivity contribution is 5.92. The molecule has 2 heterocycles. The number of aromatic nitrogens is 1. The summed E-state index contributed by atoms with van der Waals surface area (Å²) in [5.41, 5.74) is 0. The average molecular weight is 258 g/mol. The molecule has 1 atom stereocenters. The van der Waals surface area contributed by atoms with Crippen LogP contribution in [0.3, 0.4) is 0 Å². The van der Waals surface area contributed by atoms with Crippen molar-refractivity contribution in [3.8, 4) is 5.75 Å². The van der Waals surface area contributed by atoms with Crippen LogP contribution < -0.4 is 10.6 Å². The Balaban J connectivity index is 0.00000144. The molecule has 1 aromatic heterocycles. The van der Waals surface area contributed by atoms with Crippen molar-refractivity contribution in [3.05, 3.63) is 18.3 Å². The van der Waals surface area contributed by atoms with Crippen molar-refractivity contribution in [2.24, 2.45) is 11.8 Å². The highest BCUT2D eigenvalue weighted by Gasteiger charge is 2.29. The van der Waals surface area contributed by atoms with Crippen LogP contribution in [0.1, 0.15) is 6.92 Å². The van der Waals surface area contributed by atoms with Gasteiger partial charge in [0.1, 0.15) is 0 Å². The molecular formula is C11H16ClN3O2. The van der Waals surface area contributed by atoms with Crippen molar-refractivity contribution in [2.75, 3.05) is 18.4 Å². The molecular weight excluding hydrogens is 242 g/mol. The zero-order valence-electron chi connectivity index (χ0n) is 9.51. The van der Waals surface area contributed by atoms with Crippen LogP contribution in [0.15, 0.2) is 18.3 Å². The zero-order valence-corrected chi connectivity index (χ0v) is 10.3. The minimum atomic E-state index is -0.0968. The van der Waals surface area contributed by atoms with Crippen LogP contribution in [-0.2, 0) is 4.79 Å². The van der Waals surface area contributed by atoms with E-state index in [1.807, 2.05) is 6.92 Å². The number of nitrogens with zero attached hydrogens (tertiary/aromatic N) is 1. The van der Waals surface area contributed by atoms with Crippen LogP contribution in [0.4, 0.5) is 5.82 Å². The van der Waals surface area contributed by atoms with Gasteiger partial charge in [-0.15, -0.1) is 12.4 Å². The van der Waals surface area contributed by atoms with Gasteiger partial charge in [-0.1, -0.05) is 6.92 Å². The maximum atomic E-state index is 11.8. The maximum Gasteiger partial charge on any atom is 0.228 e. The molecule has 0 aliphatic carbocycles. The molecule has 0 bridgehead atoms. The third-order valence-electron chi connectivity index (χ3n) is 2.96. The van der Waals surface area contributed by atoms with E-state index in [4.69, 9.17) is 0 Å². The molecule has 0 spiro atoms. The lowest BCUT2D eigenvalue weighted by Crippen LogP contribution is -2.48. The highest BCUT2D eigenvalue weighted by Crippen LogP contribution is 2.22. The van der Waals surface area contributed by atoms with Crippen LogP contribution in [0.5, 0.6) is 5.75 Å². The monoisotopic (exact) mass is 257 g/mol. The van der Waals surface area contributed by atoms with E-state index in [0.717, 1.165) is 13.1 Å². The number of nitrogens with one attached hydrogen (secondary N) is 2. The van der Waals surface area contributed by atoms with Crippen molar-refractivity contribution in [1.29, 1.82) is 0 Å². The molecule has 6 heteroatoms. The molecule has 0 aromatic carbocycles. The smallest absolute Gasteiger partial charge is 0.228 e. The van der Waals surface area contributed by atoms with Crippen LogP contribution in [-0.4, -0.2) is 29.1 Å². The van der Waals surface area contributed by atoms with Gasteiger partial charge in [0.25, 0.3) is 0 Å². The van der Waals surface area contributed by atoms with Crippen molar-refractivity contribution in [1.82, 2.24) is 10.3 Å². The van der Waals surface area contributed by atoms with E-state index >= 15 is 0 Å². The lowest BCUT2D eigenvalue weighted by atomic mass is 9.88. The molecule has 1 amide bonds. The fourth-order valence-corrected chi connectivity index (χ4v) is 1.60. The molecule has 1 unspecified atom stereocenters. The van der Waals surface area contributed by atoms with E-state index in [2.05, 4.69) is 15.6 Å². The third kappa shape index (κ3) is 3.08. The van der Waals surface area contributed by atoms with E-state index in [9.17, 15) is 9.90 Å². The largest absolute Gasteiger partial charge is 0.504 e. The molecule has 0 radical (unpaired) electrons. The van der Waals surface area contributed by atoms with Gasteiger partial charge in [-0.05, 0) is 31.1 Å². The summed E-state index contributed by atoms with van der Waals surface area (Å²) in [5, 5.41) is 15.2. The molecule has 1 fully saturated rings. The first kappa shape index (κ1) is 13.7. The fraction of sp³-hybridized carbons (Fsp3) is 0.455. The topological polar surface area (TPSA) is 74.2 Å². The maximum absolute atomic E-state index is 11.8. The summed E-state index contributed by atoms with van der Waals surface area (Å²) in [4.78, 5) is 15.7. The summed E-state index contributed by atoms with van der Waals surface area (Å²) in [5.74, 6) is 0.440. The van der Waals surface area contributed by atoms with Crippen LogP contribution in [0, 0.1) is 11.8 Å². The Labute approximate surface area is 106 Å². The number of hydrogen-bond donors (Lipinski definition) is 3. The van der Waals surface area contributed by atoms with Gasteiger partial charge < -0.3 is 15.7 Å². The second-order valence-corrected chi connectivity index (χ2v) is 4.07. The Morgan fingerprint density at radius 2 is 2.35 bits per heavy atom. The lowest BCUT2D eigenvalue weighted by molar-refractivity contribution is -0.121. The van der Waals surface area contributed by atoms with Crippen LogP contribution in [0.2, 0.25) is 0 Å². The Kier molecular flexibility index (Phi) is 4.72. The number of rotatable bonds is 3. The number of carbonyl (C=O) groups is 1. The predicted molar refractivity (Wildman–Crippen MR) is 67.3 cm³/mol. The second kappa shape index (κ2) is 5.84. The van der Waals surface area contributed by atoms with Gasteiger partial charge >= 0.3 is 0 Å². The molecule has 3 N–H and O–H groups in total. The van der Waals surface area contributed by atoms with Gasteiger partial charge in [0.15, 0.2) is 11.6 Å². The number of halogens is 1. The molecule has 1 aromatic rings. The summed E-state index contributed by atoms with van der Waals surface area (Å²) in [6.07, 6.45) is 1.53. The number of carbonyl (C=O) groups excluding carboxylic acids is 1. The molecule has 1 saturated heterocycles. The van der Waals surface area contributed by atoms with Gasteiger partial charge in [0, 0.05) is 12.1 Å². The Morgan fingerprint density at radius 1 is 1.65 bits per heavy atom. The van der Waals surface area contributed by atoms with E-state index in [0.29, 0.717) is 5.92 Å². The van der Waals surface area contributed by atoms with Gasteiger partial charge in [-0.2, -0.15) is 0 Å². The number of amides is 1. The first-order chi connectivity index (χ1) is 7.68. The molecule has 1 aliphatic rings. The standard InChI is InChI=1S/C11H15N3O2.ClH/c1-7(8-5-12-6-8)11(16)14-10-9(15)3-2-4-13-10;/h2-4,7-8,12,15H,5-6H2,1H3,(H,13,14,16);1H. The summed E-state index contributed by atoms with van der Waals surface area (Å²) >= 11 is 0. The number of hydrogen-bond acceptors (Lipinski definition) is 4. The van der Waals surface area contributed by atoms with Gasteiger partial charge in [-0.25, -0.2) is 4.98 Å². The third-order valence-corrected chi connectivity index (χ3v) is 2.96. The lowest BCUT2D eigenvalue weighted by Gasteiger charge is -2.31. The van der Waals surface area contributed by atoms with Crippen molar-refractivity contribution in [2.45, 2.75) is 6.92 Å². The van der Waals surface area contributed by atoms with Crippen LogP contribution >= 0.6 is 12.4 Å². The van der Waals surface area contributed by atoms with Crippen molar-refractivity contribution < 1.29 is 9.90 Å². The number of pyridine rings is 1. The molecule has 17 heavy (non-hydrogen) atoms. The van der Waals surface area contributed by atoms with E-state index in [1.54, 1.807) is 6.07 Å². The van der Waals surface area contributed by atoms with Gasteiger partial charge in [-0.3, -0.25) is 4.79 Å². The summed E-state index contributed by atoms with van der Waals surface area (Å²) in [6.45, 7) is 3.65. The quantitative estimate of drug-likeness (QED) is 0.755. The fourth-order valence-electron chi connectivity index (χ4n) is 1.60.